The van der Waals surface area contributed by atoms with E-state index in [9.17, 15) is 4.39 Å². The number of hydrogen-bond acceptors (Lipinski definition) is 3. The van der Waals surface area contributed by atoms with Crippen LogP contribution in [0.25, 0.3) is 0 Å². The molecule has 1 fully saturated rings. The summed E-state index contributed by atoms with van der Waals surface area (Å²) in [5.74, 6) is -0.379. The number of nitrogens with one attached hydrogen (secondary N) is 1. The Kier molecular flexibility index (Phi) is 5.16. The van der Waals surface area contributed by atoms with Crippen LogP contribution < -0.4 is 5.32 Å². The molecular weight excluding hydrogens is 267 g/mol. The molecular formula is C14H20ClFN2O. The molecule has 0 aliphatic carbocycles. The fraction of sp³-hybridized carbons (Fsp3) is 0.571. The largest absolute Gasteiger partial charge is 0.374 e. The van der Waals surface area contributed by atoms with Crippen molar-refractivity contribution >= 4 is 11.6 Å². The number of benzene rings is 1. The molecule has 3 nitrogen and oxygen atoms in total. The van der Waals surface area contributed by atoms with Gasteiger partial charge in [0, 0.05) is 25.7 Å². The maximum absolute atomic E-state index is 13.1. The van der Waals surface area contributed by atoms with Crippen LogP contribution in [0, 0.1) is 5.82 Å². The van der Waals surface area contributed by atoms with Gasteiger partial charge in [-0.15, -0.1) is 0 Å². The van der Waals surface area contributed by atoms with Crippen LogP contribution in [0.4, 0.5) is 4.39 Å². The lowest BCUT2D eigenvalue weighted by atomic mass is 10.1. The highest BCUT2D eigenvalue weighted by atomic mass is 35.5. The molecule has 2 atom stereocenters. The fourth-order valence-electron chi connectivity index (χ4n) is 2.17. The third-order valence-electron chi connectivity index (χ3n) is 3.47. The van der Waals surface area contributed by atoms with Crippen molar-refractivity contribution in [3.05, 3.63) is 34.6 Å². The van der Waals surface area contributed by atoms with Gasteiger partial charge in [0.25, 0.3) is 0 Å². The van der Waals surface area contributed by atoms with Gasteiger partial charge < -0.3 is 15.0 Å². The SMILES string of the molecule is C[C@@H](NCc1ccc(F)c(Cl)c1)[C@H]1CN(C)CCO1. The number of halogens is 2. The van der Waals surface area contributed by atoms with Crippen molar-refractivity contribution < 1.29 is 9.13 Å². The van der Waals surface area contributed by atoms with E-state index in [1.54, 1.807) is 12.1 Å². The van der Waals surface area contributed by atoms with Crippen LogP contribution in [-0.2, 0) is 11.3 Å². The zero-order chi connectivity index (χ0) is 13.8. The quantitative estimate of drug-likeness (QED) is 0.919. The minimum absolute atomic E-state index is 0.167. The maximum Gasteiger partial charge on any atom is 0.141 e. The standard InChI is InChI=1S/C14H20ClFN2O/c1-10(14-9-18(2)5-6-19-14)17-8-11-3-4-13(16)12(15)7-11/h3-4,7,10,14,17H,5-6,8-9H2,1-2H3/t10-,14-/m1/s1. The minimum Gasteiger partial charge on any atom is -0.374 e. The van der Waals surface area contributed by atoms with E-state index in [2.05, 4.69) is 24.2 Å². The van der Waals surface area contributed by atoms with Gasteiger partial charge in [0.1, 0.15) is 5.82 Å². The summed E-state index contributed by atoms with van der Waals surface area (Å²) >= 11 is 5.76. The molecule has 1 heterocycles. The number of likely N-dealkylation sites (N-methyl/N-ethyl adjacent to an activating group) is 1. The van der Waals surface area contributed by atoms with Gasteiger partial charge in [-0.05, 0) is 31.7 Å². The molecule has 5 heteroatoms. The fourth-order valence-corrected chi connectivity index (χ4v) is 2.38. The van der Waals surface area contributed by atoms with Crippen molar-refractivity contribution in [2.45, 2.75) is 25.6 Å². The average Bonchev–Trinajstić information content (AvgIpc) is 2.40. The molecule has 0 saturated carbocycles. The Bertz CT molecular complexity index is 430. The lowest BCUT2D eigenvalue weighted by molar-refractivity contribution is -0.0356. The van der Waals surface area contributed by atoms with E-state index in [1.165, 1.54) is 6.07 Å². The molecule has 0 spiro atoms. The van der Waals surface area contributed by atoms with Crippen LogP contribution in [0.3, 0.4) is 0 Å². The van der Waals surface area contributed by atoms with E-state index >= 15 is 0 Å². The summed E-state index contributed by atoms with van der Waals surface area (Å²) in [7, 11) is 2.10. The summed E-state index contributed by atoms with van der Waals surface area (Å²) < 4.78 is 18.8. The summed E-state index contributed by atoms with van der Waals surface area (Å²) in [5.41, 5.74) is 0.974. The topological polar surface area (TPSA) is 24.5 Å². The Morgan fingerprint density at radius 2 is 2.37 bits per heavy atom. The first-order valence-electron chi connectivity index (χ1n) is 6.53. The molecule has 1 saturated heterocycles. The predicted octanol–water partition coefficient (Wildman–Crippen LogP) is 2.29. The van der Waals surface area contributed by atoms with Gasteiger partial charge in [-0.3, -0.25) is 0 Å². The molecule has 1 aromatic rings. The molecule has 1 aliphatic heterocycles. The van der Waals surface area contributed by atoms with Crippen molar-refractivity contribution in [3.8, 4) is 0 Å². The third kappa shape index (κ3) is 4.14. The van der Waals surface area contributed by atoms with Crippen LogP contribution in [0.15, 0.2) is 18.2 Å². The van der Waals surface area contributed by atoms with Crippen LogP contribution in [0.2, 0.25) is 5.02 Å². The lowest BCUT2D eigenvalue weighted by Gasteiger charge is -2.34. The van der Waals surface area contributed by atoms with Crippen LogP contribution in [-0.4, -0.2) is 43.8 Å². The Balaban J connectivity index is 1.85. The second kappa shape index (κ2) is 6.66. The highest BCUT2D eigenvalue weighted by Crippen LogP contribution is 2.16. The lowest BCUT2D eigenvalue weighted by Crippen LogP contribution is -2.49. The number of nitrogens with zero attached hydrogens (tertiary/aromatic N) is 1. The van der Waals surface area contributed by atoms with E-state index in [-0.39, 0.29) is 23.0 Å². The minimum atomic E-state index is -0.379. The van der Waals surface area contributed by atoms with Gasteiger partial charge in [0.15, 0.2) is 0 Å². The first-order chi connectivity index (χ1) is 9.06. The Hall–Kier alpha value is -0.680. The van der Waals surface area contributed by atoms with E-state index < -0.39 is 0 Å². The highest BCUT2D eigenvalue weighted by Gasteiger charge is 2.23. The number of ether oxygens (including phenoxy) is 1. The smallest absolute Gasteiger partial charge is 0.141 e. The Labute approximate surface area is 118 Å². The van der Waals surface area contributed by atoms with Gasteiger partial charge in [0.05, 0.1) is 17.7 Å². The van der Waals surface area contributed by atoms with Crippen molar-refractivity contribution in [1.82, 2.24) is 10.2 Å². The zero-order valence-corrected chi connectivity index (χ0v) is 12.1. The van der Waals surface area contributed by atoms with Crippen LogP contribution >= 0.6 is 11.6 Å². The molecule has 0 unspecified atom stereocenters. The van der Waals surface area contributed by atoms with E-state index in [0.717, 1.165) is 25.3 Å². The van der Waals surface area contributed by atoms with Crippen LogP contribution in [0.5, 0.6) is 0 Å². The van der Waals surface area contributed by atoms with Gasteiger partial charge in [0.2, 0.25) is 0 Å². The first-order valence-corrected chi connectivity index (χ1v) is 6.91. The molecule has 0 radical (unpaired) electrons. The van der Waals surface area contributed by atoms with Gasteiger partial charge in [-0.25, -0.2) is 4.39 Å². The number of morpholine rings is 1. The second-order valence-corrected chi connectivity index (χ2v) is 5.50. The normalized spacial score (nSPS) is 22.4. The maximum atomic E-state index is 13.1. The molecule has 1 N–H and O–H groups in total. The highest BCUT2D eigenvalue weighted by molar-refractivity contribution is 6.30. The molecule has 0 aromatic heterocycles. The first kappa shape index (κ1) is 14.7. The molecule has 0 bridgehead atoms. The third-order valence-corrected chi connectivity index (χ3v) is 3.76. The Morgan fingerprint density at radius 3 is 3.05 bits per heavy atom. The van der Waals surface area contributed by atoms with Crippen molar-refractivity contribution in [2.24, 2.45) is 0 Å². The molecule has 19 heavy (non-hydrogen) atoms. The summed E-state index contributed by atoms with van der Waals surface area (Å²) in [6.45, 7) is 5.45. The second-order valence-electron chi connectivity index (χ2n) is 5.09. The monoisotopic (exact) mass is 286 g/mol. The summed E-state index contributed by atoms with van der Waals surface area (Å²) in [5, 5.41) is 3.57. The Morgan fingerprint density at radius 1 is 1.58 bits per heavy atom. The van der Waals surface area contributed by atoms with E-state index in [0.29, 0.717) is 6.54 Å². The summed E-state index contributed by atoms with van der Waals surface area (Å²) in [6.07, 6.45) is 0.190. The van der Waals surface area contributed by atoms with Gasteiger partial charge in [-0.1, -0.05) is 17.7 Å². The predicted molar refractivity (Wildman–Crippen MR) is 74.9 cm³/mol. The molecule has 1 aliphatic rings. The summed E-state index contributed by atoms with van der Waals surface area (Å²) in [4.78, 5) is 2.26. The average molecular weight is 287 g/mol. The van der Waals surface area contributed by atoms with Crippen molar-refractivity contribution in [2.75, 3.05) is 26.7 Å². The van der Waals surface area contributed by atoms with Gasteiger partial charge >= 0.3 is 0 Å². The molecule has 2 rings (SSSR count). The summed E-state index contributed by atoms with van der Waals surface area (Å²) in [6, 6.07) is 5.04. The van der Waals surface area contributed by atoms with Gasteiger partial charge in [-0.2, -0.15) is 0 Å². The number of hydrogen-bond donors (Lipinski definition) is 1. The molecule has 0 amide bonds. The van der Waals surface area contributed by atoms with E-state index in [4.69, 9.17) is 16.3 Å². The molecule has 106 valence electrons. The van der Waals surface area contributed by atoms with Crippen LogP contribution in [0.1, 0.15) is 12.5 Å². The number of rotatable bonds is 4. The van der Waals surface area contributed by atoms with E-state index in [1.807, 2.05) is 0 Å². The molecule has 1 aromatic carbocycles. The zero-order valence-electron chi connectivity index (χ0n) is 11.3. The van der Waals surface area contributed by atoms with Crippen molar-refractivity contribution in [3.63, 3.8) is 0 Å². The van der Waals surface area contributed by atoms with Crippen molar-refractivity contribution in [1.29, 1.82) is 0 Å².